The van der Waals surface area contributed by atoms with E-state index < -0.39 is 6.09 Å². The molecule has 120 valence electrons. The predicted molar refractivity (Wildman–Crippen MR) is 85.4 cm³/mol. The van der Waals surface area contributed by atoms with E-state index in [4.69, 9.17) is 0 Å². The molecule has 2 N–H and O–H groups in total. The van der Waals surface area contributed by atoms with Crippen molar-refractivity contribution < 1.29 is 14.3 Å². The molecule has 1 aromatic heterocycles. The van der Waals surface area contributed by atoms with Gasteiger partial charge in [0.1, 0.15) is 11.6 Å². The molecule has 0 spiro atoms. The number of aromatic amines is 1. The standard InChI is InChI=1S/C16H15BrFN3O2/c17-9-2-4-11(12(18)6-9)13-7-19-15(20-13)14-8-1-3-10(5-8)21(14)16(22)23/h2,4,6-8,10,14H,1,3,5H2,(H,19,20)(H,22,23). The smallest absolute Gasteiger partial charge is 0.408 e. The molecule has 1 aromatic carbocycles. The van der Waals surface area contributed by atoms with Gasteiger partial charge in [-0.2, -0.15) is 0 Å². The highest BCUT2D eigenvalue weighted by Crippen LogP contribution is 2.49. The van der Waals surface area contributed by atoms with E-state index >= 15 is 0 Å². The van der Waals surface area contributed by atoms with Crippen molar-refractivity contribution in [1.29, 1.82) is 0 Å². The Labute approximate surface area is 140 Å². The second kappa shape index (κ2) is 5.33. The lowest BCUT2D eigenvalue weighted by atomic mass is 9.98. The molecule has 5 nitrogen and oxygen atoms in total. The van der Waals surface area contributed by atoms with Crippen LogP contribution in [0.4, 0.5) is 9.18 Å². The van der Waals surface area contributed by atoms with Crippen molar-refractivity contribution in [1.82, 2.24) is 14.9 Å². The molecule has 1 aliphatic heterocycles. The van der Waals surface area contributed by atoms with Crippen molar-refractivity contribution in [3.8, 4) is 11.3 Å². The summed E-state index contributed by atoms with van der Waals surface area (Å²) < 4.78 is 14.8. The first-order valence-corrected chi connectivity index (χ1v) is 8.35. The van der Waals surface area contributed by atoms with E-state index in [9.17, 15) is 14.3 Å². The van der Waals surface area contributed by atoms with Gasteiger partial charge in [-0.15, -0.1) is 0 Å². The highest BCUT2D eigenvalue weighted by molar-refractivity contribution is 9.10. The van der Waals surface area contributed by atoms with Crippen LogP contribution in [-0.4, -0.2) is 32.1 Å². The minimum absolute atomic E-state index is 0.0838. The van der Waals surface area contributed by atoms with Crippen LogP contribution in [0.1, 0.15) is 31.1 Å². The first-order valence-electron chi connectivity index (χ1n) is 7.56. The second-order valence-electron chi connectivity index (χ2n) is 6.17. The van der Waals surface area contributed by atoms with Gasteiger partial charge in [0.05, 0.1) is 17.9 Å². The Morgan fingerprint density at radius 1 is 1.43 bits per heavy atom. The lowest BCUT2D eigenvalue weighted by Gasteiger charge is -2.31. The number of nitrogens with zero attached hydrogens (tertiary/aromatic N) is 2. The molecule has 2 heterocycles. The molecule has 23 heavy (non-hydrogen) atoms. The average Bonchev–Trinajstić information content (AvgIpc) is 3.21. The van der Waals surface area contributed by atoms with Crippen LogP contribution in [0.15, 0.2) is 28.9 Å². The van der Waals surface area contributed by atoms with Gasteiger partial charge in [0.2, 0.25) is 0 Å². The average molecular weight is 380 g/mol. The molecule has 2 aromatic rings. The molecular formula is C16H15BrFN3O2. The summed E-state index contributed by atoms with van der Waals surface area (Å²) in [6.07, 6.45) is 3.49. The molecule has 1 saturated carbocycles. The van der Waals surface area contributed by atoms with Crippen molar-refractivity contribution in [2.75, 3.05) is 0 Å². The lowest BCUT2D eigenvalue weighted by molar-refractivity contribution is 0.0992. The fourth-order valence-corrected chi connectivity index (χ4v) is 4.28. The van der Waals surface area contributed by atoms with Gasteiger partial charge in [-0.25, -0.2) is 14.2 Å². The second-order valence-corrected chi connectivity index (χ2v) is 7.08. The number of amides is 1. The number of benzene rings is 1. The Morgan fingerprint density at radius 2 is 2.26 bits per heavy atom. The number of aromatic nitrogens is 2. The highest BCUT2D eigenvalue weighted by Gasteiger charge is 2.50. The molecule has 2 fully saturated rings. The van der Waals surface area contributed by atoms with Gasteiger partial charge in [0, 0.05) is 16.1 Å². The maximum absolute atomic E-state index is 14.1. The van der Waals surface area contributed by atoms with Crippen LogP contribution in [0.2, 0.25) is 0 Å². The summed E-state index contributed by atoms with van der Waals surface area (Å²) >= 11 is 3.24. The van der Waals surface area contributed by atoms with Crippen LogP contribution in [0.3, 0.4) is 0 Å². The van der Waals surface area contributed by atoms with Gasteiger partial charge in [-0.1, -0.05) is 15.9 Å². The summed E-state index contributed by atoms with van der Waals surface area (Å²) in [6.45, 7) is 0. The third kappa shape index (κ3) is 2.34. The number of rotatable bonds is 2. The van der Waals surface area contributed by atoms with Gasteiger partial charge in [-0.3, -0.25) is 4.90 Å². The molecule has 4 rings (SSSR count). The molecule has 2 aliphatic rings. The summed E-state index contributed by atoms with van der Waals surface area (Å²) in [5.74, 6) is 0.555. The zero-order chi connectivity index (χ0) is 16.1. The summed E-state index contributed by atoms with van der Waals surface area (Å²) in [4.78, 5) is 20.6. The van der Waals surface area contributed by atoms with Gasteiger partial charge in [0.25, 0.3) is 0 Å². The van der Waals surface area contributed by atoms with Crippen molar-refractivity contribution in [3.05, 3.63) is 40.5 Å². The number of piperidine rings is 1. The van der Waals surface area contributed by atoms with Crippen molar-refractivity contribution >= 4 is 22.0 Å². The van der Waals surface area contributed by atoms with E-state index in [0.717, 1.165) is 19.3 Å². The zero-order valence-corrected chi connectivity index (χ0v) is 13.8. The summed E-state index contributed by atoms with van der Waals surface area (Å²) in [5, 5.41) is 9.48. The van der Waals surface area contributed by atoms with Gasteiger partial charge in [-0.05, 0) is 43.4 Å². The minimum Gasteiger partial charge on any atom is -0.465 e. The molecule has 1 aliphatic carbocycles. The molecule has 3 atom stereocenters. The van der Waals surface area contributed by atoms with Crippen LogP contribution in [0, 0.1) is 11.7 Å². The summed E-state index contributed by atoms with van der Waals surface area (Å²) in [6, 6.07) is 4.67. The quantitative estimate of drug-likeness (QED) is 0.821. The fourth-order valence-electron chi connectivity index (χ4n) is 3.95. The fraction of sp³-hybridized carbons (Fsp3) is 0.375. The first kappa shape index (κ1) is 14.7. The van der Waals surface area contributed by atoms with E-state index in [1.165, 1.54) is 11.0 Å². The number of halogens is 2. The van der Waals surface area contributed by atoms with Crippen LogP contribution in [-0.2, 0) is 0 Å². The SMILES string of the molecule is O=C(O)N1C2CCC(C2)C1c1ncc(-c2ccc(Br)cc2F)[nH]1. The molecule has 3 unspecified atom stereocenters. The van der Waals surface area contributed by atoms with Crippen molar-refractivity contribution in [2.45, 2.75) is 31.3 Å². The number of carboxylic acid groups (broad SMARTS) is 1. The number of fused-ring (bicyclic) bond motifs is 2. The minimum atomic E-state index is -0.907. The van der Waals surface area contributed by atoms with Crippen LogP contribution < -0.4 is 0 Å². The molecule has 1 amide bonds. The monoisotopic (exact) mass is 379 g/mol. The number of hydrogen-bond donors (Lipinski definition) is 2. The summed E-state index contributed by atoms with van der Waals surface area (Å²) in [5.41, 5.74) is 0.995. The largest absolute Gasteiger partial charge is 0.465 e. The lowest BCUT2D eigenvalue weighted by Crippen LogP contribution is -2.39. The maximum atomic E-state index is 14.1. The van der Waals surface area contributed by atoms with E-state index in [2.05, 4.69) is 25.9 Å². The highest BCUT2D eigenvalue weighted by atomic mass is 79.9. The van der Waals surface area contributed by atoms with Gasteiger partial charge < -0.3 is 10.1 Å². The molecule has 0 radical (unpaired) electrons. The van der Waals surface area contributed by atoms with Gasteiger partial charge in [0.15, 0.2) is 0 Å². The number of H-pyrrole nitrogens is 1. The number of hydrogen-bond acceptors (Lipinski definition) is 2. The number of likely N-dealkylation sites (tertiary alicyclic amines) is 1. The first-order chi connectivity index (χ1) is 11.0. The van der Waals surface area contributed by atoms with E-state index in [0.29, 0.717) is 27.5 Å². The topological polar surface area (TPSA) is 69.2 Å². The van der Waals surface area contributed by atoms with Crippen LogP contribution in [0.5, 0.6) is 0 Å². The molecule has 2 bridgehead atoms. The molecular weight excluding hydrogens is 365 g/mol. The molecule has 1 saturated heterocycles. The Balaban J connectivity index is 1.69. The molecule has 7 heteroatoms. The third-order valence-electron chi connectivity index (χ3n) is 4.90. The van der Waals surface area contributed by atoms with Gasteiger partial charge >= 0.3 is 6.09 Å². The van der Waals surface area contributed by atoms with Crippen molar-refractivity contribution in [3.63, 3.8) is 0 Å². The number of carbonyl (C=O) groups is 1. The summed E-state index contributed by atoms with van der Waals surface area (Å²) in [7, 11) is 0. The Kier molecular flexibility index (Phi) is 3.41. The van der Waals surface area contributed by atoms with Crippen molar-refractivity contribution in [2.24, 2.45) is 5.92 Å². The zero-order valence-electron chi connectivity index (χ0n) is 12.2. The normalized spacial score (nSPS) is 26.0. The van der Waals surface area contributed by atoms with E-state index in [1.54, 1.807) is 18.3 Å². The van der Waals surface area contributed by atoms with Crippen LogP contribution in [0.25, 0.3) is 11.3 Å². The Bertz CT molecular complexity index is 778. The Morgan fingerprint density at radius 3 is 3.00 bits per heavy atom. The predicted octanol–water partition coefficient (Wildman–Crippen LogP) is 4.18. The number of nitrogens with one attached hydrogen (secondary N) is 1. The maximum Gasteiger partial charge on any atom is 0.408 e. The number of imidazole rings is 1. The van der Waals surface area contributed by atoms with E-state index in [1.807, 2.05) is 0 Å². The third-order valence-corrected chi connectivity index (χ3v) is 5.40. The van der Waals surface area contributed by atoms with E-state index in [-0.39, 0.29) is 17.9 Å². The van der Waals surface area contributed by atoms with Crippen LogP contribution >= 0.6 is 15.9 Å². The Hall–Kier alpha value is -1.89.